The number of nitrogens with zero attached hydrogens (tertiary/aromatic N) is 2. The Labute approximate surface area is 82.0 Å². The summed E-state index contributed by atoms with van der Waals surface area (Å²) in [6.07, 6.45) is 0. The number of hydrogen-bond acceptors (Lipinski definition) is 1. The molecular weight excluding hydrogens is 160 g/mol. The van der Waals surface area contributed by atoms with Gasteiger partial charge < -0.3 is 0 Å². The van der Waals surface area contributed by atoms with Gasteiger partial charge in [-0.3, -0.25) is 4.68 Å². The molecule has 76 valence electrons. The second-order valence-corrected chi connectivity index (χ2v) is 3.37. The lowest BCUT2D eigenvalue weighted by Crippen LogP contribution is -2.00. The molecule has 1 aromatic heterocycles. The second kappa shape index (κ2) is 5.05. The zero-order valence-corrected chi connectivity index (χ0v) is 9.97. The van der Waals surface area contributed by atoms with Crippen molar-refractivity contribution >= 4 is 0 Å². The lowest BCUT2D eigenvalue weighted by Gasteiger charge is -2.06. The highest BCUT2D eigenvalue weighted by atomic mass is 15.3. The molecule has 0 aliphatic rings. The van der Waals surface area contributed by atoms with Gasteiger partial charge in [-0.15, -0.1) is 0 Å². The van der Waals surface area contributed by atoms with E-state index in [1.807, 2.05) is 25.6 Å². The van der Waals surface area contributed by atoms with Gasteiger partial charge in [-0.2, -0.15) is 5.10 Å². The highest BCUT2D eigenvalue weighted by Gasteiger charge is 2.11. The van der Waals surface area contributed by atoms with Crippen molar-refractivity contribution in [1.82, 2.24) is 9.78 Å². The Morgan fingerprint density at radius 2 is 1.62 bits per heavy atom. The summed E-state index contributed by atoms with van der Waals surface area (Å²) in [6, 6.07) is 0. The Hall–Kier alpha value is -0.790. The molecule has 0 fully saturated rings. The van der Waals surface area contributed by atoms with Crippen LogP contribution in [0.25, 0.3) is 0 Å². The van der Waals surface area contributed by atoms with Crippen LogP contribution in [0.2, 0.25) is 0 Å². The predicted octanol–water partition coefficient (Wildman–Crippen LogP) is 3.19. The van der Waals surface area contributed by atoms with Gasteiger partial charge in [0, 0.05) is 12.7 Å². The molecule has 0 saturated carbocycles. The van der Waals surface area contributed by atoms with Crippen LogP contribution >= 0.6 is 0 Å². The highest BCUT2D eigenvalue weighted by Crippen LogP contribution is 2.19. The van der Waals surface area contributed by atoms with Gasteiger partial charge in [0.25, 0.3) is 0 Å². The van der Waals surface area contributed by atoms with Crippen molar-refractivity contribution < 1.29 is 0 Å². The first-order valence-electron chi connectivity index (χ1n) is 5.04. The maximum atomic E-state index is 4.35. The fourth-order valence-electron chi connectivity index (χ4n) is 1.59. The van der Waals surface area contributed by atoms with E-state index in [0.29, 0.717) is 5.92 Å². The van der Waals surface area contributed by atoms with Crippen molar-refractivity contribution in [3.05, 3.63) is 17.0 Å². The van der Waals surface area contributed by atoms with Crippen LogP contribution in [-0.2, 0) is 7.05 Å². The average Bonchev–Trinajstić information content (AvgIpc) is 2.30. The van der Waals surface area contributed by atoms with Gasteiger partial charge in [0.2, 0.25) is 0 Å². The van der Waals surface area contributed by atoms with Gasteiger partial charge in [-0.25, -0.2) is 0 Å². The van der Waals surface area contributed by atoms with Gasteiger partial charge >= 0.3 is 0 Å². The van der Waals surface area contributed by atoms with Crippen molar-refractivity contribution in [2.24, 2.45) is 7.05 Å². The molecular formula is C11H22N2. The fraction of sp³-hybridized carbons (Fsp3) is 0.727. The second-order valence-electron chi connectivity index (χ2n) is 3.37. The van der Waals surface area contributed by atoms with Crippen LogP contribution in [0, 0.1) is 13.8 Å². The van der Waals surface area contributed by atoms with E-state index in [1.54, 1.807) is 0 Å². The lowest BCUT2D eigenvalue weighted by atomic mass is 10.1. The third-order valence-corrected chi connectivity index (χ3v) is 2.12. The molecule has 0 aliphatic heterocycles. The summed E-state index contributed by atoms with van der Waals surface area (Å²) in [6.45, 7) is 12.6. The van der Waals surface area contributed by atoms with Gasteiger partial charge in [0.1, 0.15) is 0 Å². The van der Waals surface area contributed by atoms with Crippen LogP contribution in [-0.4, -0.2) is 9.78 Å². The Morgan fingerprint density at radius 3 is 1.77 bits per heavy atom. The number of rotatable bonds is 1. The van der Waals surface area contributed by atoms with Gasteiger partial charge in [-0.1, -0.05) is 27.7 Å². The summed E-state index contributed by atoms with van der Waals surface area (Å²) < 4.78 is 1.98. The van der Waals surface area contributed by atoms with E-state index < -0.39 is 0 Å². The third-order valence-electron chi connectivity index (χ3n) is 2.12. The van der Waals surface area contributed by atoms with Crippen LogP contribution in [0.4, 0.5) is 0 Å². The normalized spacial score (nSPS) is 9.85. The molecule has 0 radical (unpaired) electrons. The minimum Gasteiger partial charge on any atom is -0.272 e. The smallest absolute Gasteiger partial charge is 0.0625 e. The molecule has 0 bridgehead atoms. The molecule has 0 aromatic carbocycles. The monoisotopic (exact) mass is 182 g/mol. The van der Waals surface area contributed by atoms with Crippen molar-refractivity contribution in [2.75, 3.05) is 0 Å². The summed E-state index contributed by atoms with van der Waals surface area (Å²) in [5.74, 6) is 0.571. The quantitative estimate of drug-likeness (QED) is 0.652. The van der Waals surface area contributed by atoms with Gasteiger partial charge in [-0.05, 0) is 25.3 Å². The minimum atomic E-state index is 0.571. The van der Waals surface area contributed by atoms with Gasteiger partial charge in [0.15, 0.2) is 0 Å². The summed E-state index contributed by atoms with van der Waals surface area (Å²) >= 11 is 0. The summed E-state index contributed by atoms with van der Waals surface area (Å²) in [5.41, 5.74) is 3.83. The van der Waals surface area contributed by atoms with Crippen LogP contribution in [0.1, 0.15) is 50.6 Å². The standard InChI is InChI=1S/C9H16N2.C2H6/c1-6(2)9-7(3)8(4)10-11(9)5;1-2/h6H,1-5H3;1-2H3. The van der Waals surface area contributed by atoms with Crippen molar-refractivity contribution in [1.29, 1.82) is 0 Å². The average molecular weight is 182 g/mol. The van der Waals surface area contributed by atoms with E-state index in [4.69, 9.17) is 0 Å². The molecule has 2 nitrogen and oxygen atoms in total. The van der Waals surface area contributed by atoms with Crippen LogP contribution in [0.3, 0.4) is 0 Å². The van der Waals surface area contributed by atoms with Crippen LogP contribution < -0.4 is 0 Å². The topological polar surface area (TPSA) is 17.8 Å². The SMILES string of the molecule is CC.Cc1nn(C)c(C(C)C)c1C. The molecule has 0 unspecified atom stereocenters. The Bertz CT molecular complexity index is 259. The van der Waals surface area contributed by atoms with Gasteiger partial charge in [0.05, 0.1) is 5.69 Å². The maximum absolute atomic E-state index is 4.35. The van der Waals surface area contributed by atoms with E-state index >= 15 is 0 Å². The van der Waals surface area contributed by atoms with E-state index in [2.05, 4.69) is 32.8 Å². The fourth-order valence-corrected chi connectivity index (χ4v) is 1.59. The molecule has 0 spiro atoms. The first-order chi connectivity index (χ1) is 6.04. The molecule has 1 rings (SSSR count). The van der Waals surface area contributed by atoms with Crippen molar-refractivity contribution in [3.63, 3.8) is 0 Å². The zero-order valence-electron chi connectivity index (χ0n) is 9.97. The van der Waals surface area contributed by atoms with Crippen LogP contribution in [0.5, 0.6) is 0 Å². The van der Waals surface area contributed by atoms with E-state index in [-0.39, 0.29) is 0 Å². The van der Waals surface area contributed by atoms with Crippen molar-refractivity contribution in [2.45, 2.75) is 47.5 Å². The van der Waals surface area contributed by atoms with E-state index in [9.17, 15) is 0 Å². The molecule has 0 amide bonds. The molecule has 1 heterocycles. The Balaban J connectivity index is 0.000000671. The minimum absolute atomic E-state index is 0.571. The van der Waals surface area contributed by atoms with E-state index in [1.165, 1.54) is 11.3 Å². The predicted molar refractivity (Wildman–Crippen MR) is 58.1 cm³/mol. The lowest BCUT2D eigenvalue weighted by molar-refractivity contribution is 0.663. The molecule has 0 N–H and O–H groups in total. The largest absolute Gasteiger partial charge is 0.272 e. The summed E-state index contributed by atoms with van der Waals surface area (Å²) in [7, 11) is 2.01. The van der Waals surface area contributed by atoms with Crippen LogP contribution in [0.15, 0.2) is 0 Å². The molecule has 0 saturated heterocycles. The Kier molecular flexibility index (Phi) is 4.74. The highest BCUT2D eigenvalue weighted by molar-refractivity contribution is 5.25. The summed E-state index contributed by atoms with van der Waals surface area (Å²) in [5, 5.41) is 4.35. The number of aryl methyl sites for hydroxylation is 2. The van der Waals surface area contributed by atoms with Crippen molar-refractivity contribution in [3.8, 4) is 0 Å². The zero-order chi connectivity index (χ0) is 10.6. The molecule has 0 aliphatic carbocycles. The molecule has 13 heavy (non-hydrogen) atoms. The first kappa shape index (κ1) is 12.2. The molecule has 0 atom stereocenters. The van der Waals surface area contributed by atoms with E-state index in [0.717, 1.165) is 5.69 Å². The molecule has 2 heteroatoms. The first-order valence-corrected chi connectivity index (χ1v) is 5.04. The maximum Gasteiger partial charge on any atom is 0.0625 e. The summed E-state index contributed by atoms with van der Waals surface area (Å²) in [4.78, 5) is 0. The number of hydrogen-bond donors (Lipinski definition) is 0. The molecule has 1 aromatic rings. The third kappa shape index (κ3) is 2.58. The number of aromatic nitrogens is 2. The Morgan fingerprint density at radius 1 is 1.15 bits per heavy atom.